The molecule has 0 saturated heterocycles. The molecule has 38 heavy (non-hydrogen) atoms. The zero-order valence-corrected chi connectivity index (χ0v) is 30.0. The summed E-state index contributed by atoms with van der Waals surface area (Å²) >= 11 is 0. The summed E-state index contributed by atoms with van der Waals surface area (Å²) in [7, 11) is -11.8. The van der Waals surface area contributed by atoms with Crippen LogP contribution in [0.3, 0.4) is 0 Å². The second-order valence-electron chi connectivity index (χ2n) is 12.9. The normalized spacial score (nSPS) is 14.4. The molecule has 0 aliphatic carbocycles. The molecule has 0 bridgehead atoms. The first-order chi connectivity index (χ1) is 17.6. The molecule has 1 unspecified atom stereocenters. The van der Waals surface area contributed by atoms with Gasteiger partial charge in [-0.1, -0.05) is 61.5 Å². The predicted molar refractivity (Wildman–Crippen MR) is 178 cm³/mol. The highest BCUT2D eigenvalue weighted by Crippen LogP contribution is 2.64. The Bertz CT molecular complexity index is 1000. The fraction of sp³-hybridized carbons (Fsp3) is 0.400. The largest absolute Gasteiger partial charge is 0.513 e. The molecule has 0 saturated carbocycles. The summed E-state index contributed by atoms with van der Waals surface area (Å²) in [4.78, 5) is 0. The van der Waals surface area contributed by atoms with Gasteiger partial charge in [0.05, 0.1) is 0 Å². The maximum absolute atomic E-state index is 7.43. The number of hydrogen-bond donors (Lipinski definition) is 0. The summed E-state index contributed by atoms with van der Waals surface area (Å²) < 4.78 is 22.3. The number of hydrogen-bond acceptors (Lipinski definition) is 3. The third kappa shape index (κ3) is 7.52. The Balaban J connectivity index is 2.54. The van der Waals surface area contributed by atoms with Gasteiger partial charge in [-0.15, -0.1) is 0 Å². The van der Waals surface area contributed by atoms with Crippen molar-refractivity contribution in [3.8, 4) is 0 Å². The van der Waals surface area contributed by atoms with Crippen molar-refractivity contribution in [2.75, 3.05) is 0 Å². The number of benzene rings is 3. The van der Waals surface area contributed by atoms with E-state index in [2.05, 4.69) is 157 Å². The van der Waals surface area contributed by atoms with E-state index in [4.69, 9.17) is 12.3 Å². The molecule has 0 aromatic heterocycles. The summed E-state index contributed by atoms with van der Waals surface area (Å²) in [5.41, 5.74) is 0. The average molecular weight is 600 g/mol. The van der Waals surface area contributed by atoms with E-state index in [1.807, 2.05) is 0 Å². The second-order valence-corrected chi connectivity index (χ2v) is 34.0. The predicted octanol–water partition coefficient (Wildman–Crippen LogP) is 7.79. The standard InChI is InChI=1S/C30H48O3PSi4/c1-11-30(38(31-35(2,3)4,32-36(5,6)7)33-37(8,9)10)34(27-21-15-12-16-22-27,28-23-17-13-18-24-28)29-25-19-14-20-26-29/h12-26,30H,11H2,1-10H3/q+1. The minimum atomic E-state index is -3.28. The minimum absolute atomic E-state index is 0.0902. The van der Waals surface area contributed by atoms with Crippen molar-refractivity contribution in [1.29, 1.82) is 0 Å². The van der Waals surface area contributed by atoms with Crippen molar-refractivity contribution in [1.82, 2.24) is 0 Å². The Morgan fingerprint density at radius 3 is 0.974 bits per heavy atom. The smallest absolute Gasteiger partial charge is 0.415 e. The van der Waals surface area contributed by atoms with E-state index in [-0.39, 0.29) is 5.28 Å². The summed E-state index contributed by atoms with van der Waals surface area (Å²) in [6.45, 7) is 22.9. The average Bonchev–Trinajstić information content (AvgIpc) is 2.80. The van der Waals surface area contributed by atoms with E-state index in [9.17, 15) is 0 Å². The summed E-state index contributed by atoms with van der Waals surface area (Å²) in [6.07, 6.45) is 0.915. The van der Waals surface area contributed by atoms with E-state index < -0.39 is 41.0 Å². The first kappa shape index (κ1) is 31.4. The van der Waals surface area contributed by atoms with Crippen LogP contribution < -0.4 is 15.9 Å². The van der Waals surface area contributed by atoms with E-state index >= 15 is 0 Å². The highest BCUT2D eigenvalue weighted by atomic mass is 31.2. The third-order valence-corrected chi connectivity index (χ3v) is 24.8. The van der Waals surface area contributed by atoms with E-state index in [0.29, 0.717) is 0 Å². The molecule has 8 heteroatoms. The lowest BCUT2D eigenvalue weighted by Crippen LogP contribution is -2.69. The van der Waals surface area contributed by atoms with Crippen molar-refractivity contribution in [2.24, 2.45) is 0 Å². The second kappa shape index (κ2) is 12.1. The maximum atomic E-state index is 7.43. The molecule has 0 N–H and O–H groups in total. The van der Waals surface area contributed by atoms with Crippen molar-refractivity contribution in [2.45, 2.75) is 77.5 Å². The highest BCUT2D eigenvalue weighted by Gasteiger charge is 2.68. The quantitative estimate of drug-likeness (QED) is 0.157. The van der Waals surface area contributed by atoms with Crippen LogP contribution in [0.5, 0.6) is 0 Å². The first-order valence-electron chi connectivity index (χ1n) is 13.8. The van der Waals surface area contributed by atoms with Gasteiger partial charge >= 0.3 is 8.80 Å². The van der Waals surface area contributed by atoms with Crippen LogP contribution in [0.1, 0.15) is 13.3 Å². The van der Waals surface area contributed by atoms with Gasteiger partial charge in [0.15, 0.2) is 30.2 Å². The minimum Gasteiger partial charge on any atom is -0.415 e. The Morgan fingerprint density at radius 1 is 0.500 bits per heavy atom. The van der Waals surface area contributed by atoms with Gasteiger partial charge in [-0.2, -0.15) is 0 Å². The molecule has 0 radical (unpaired) electrons. The van der Waals surface area contributed by atoms with Gasteiger partial charge in [0, 0.05) is 0 Å². The van der Waals surface area contributed by atoms with Gasteiger partial charge < -0.3 is 12.3 Å². The SMILES string of the molecule is CCC([Si](O[Si](C)(C)C)(O[Si](C)(C)C)O[Si](C)(C)C)[P+](c1ccccc1)(c1ccccc1)c1ccccc1. The van der Waals surface area contributed by atoms with E-state index in [1.54, 1.807) is 0 Å². The monoisotopic (exact) mass is 599 g/mol. The van der Waals surface area contributed by atoms with Crippen LogP contribution in [0.25, 0.3) is 0 Å². The number of rotatable bonds is 12. The summed E-state index contributed by atoms with van der Waals surface area (Å²) in [5.74, 6) is 0. The Labute approximate surface area is 237 Å². The van der Waals surface area contributed by atoms with E-state index in [0.717, 1.165) is 6.42 Å². The maximum Gasteiger partial charge on any atom is 0.513 e. The molecule has 0 fully saturated rings. The fourth-order valence-corrected chi connectivity index (χ4v) is 28.4. The molecular weight excluding hydrogens is 552 g/mol. The van der Waals surface area contributed by atoms with Crippen LogP contribution in [0.15, 0.2) is 91.0 Å². The van der Waals surface area contributed by atoms with Gasteiger partial charge in [-0.25, -0.2) is 0 Å². The summed E-state index contributed by atoms with van der Waals surface area (Å²) in [5, 5.41) is 4.17. The van der Waals surface area contributed by atoms with Crippen LogP contribution in [0, 0.1) is 0 Å². The first-order valence-corrected chi connectivity index (χ1v) is 27.7. The molecule has 0 aliphatic heterocycles. The molecule has 206 valence electrons. The van der Waals surface area contributed by atoms with E-state index in [1.165, 1.54) is 15.9 Å². The Kier molecular flexibility index (Phi) is 10.0. The fourth-order valence-electron chi connectivity index (χ4n) is 5.28. The van der Waals surface area contributed by atoms with Crippen LogP contribution >= 0.6 is 7.26 Å². The molecule has 3 aromatic carbocycles. The van der Waals surface area contributed by atoms with Crippen LogP contribution in [0.2, 0.25) is 58.9 Å². The lowest BCUT2D eigenvalue weighted by Gasteiger charge is -2.48. The third-order valence-electron chi connectivity index (χ3n) is 6.10. The van der Waals surface area contributed by atoms with Crippen LogP contribution in [0.4, 0.5) is 0 Å². The lowest BCUT2D eigenvalue weighted by molar-refractivity contribution is 0.247. The lowest BCUT2D eigenvalue weighted by atomic mass is 10.4. The highest BCUT2D eigenvalue weighted by molar-refractivity contribution is 7.97. The Hall–Kier alpha value is -1.16. The van der Waals surface area contributed by atoms with Crippen molar-refractivity contribution >= 4 is 56.9 Å². The molecule has 0 spiro atoms. The van der Waals surface area contributed by atoms with Crippen LogP contribution in [-0.4, -0.2) is 39.0 Å². The summed E-state index contributed by atoms with van der Waals surface area (Å²) in [6, 6.07) is 33.4. The zero-order chi connectivity index (χ0) is 28.2. The van der Waals surface area contributed by atoms with Gasteiger partial charge in [0.1, 0.15) is 23.2 Å². The molecule has 3 nitrogen and oxygen atoms in total. The van der Waals surface area contributed by atoms with Crippen molar-refractivity contribution < 1.29 is 12.3 Å². The molecule has 3 rings (SSSR count). The zero-order valence-electron chi connectivity index (χ0n) is 25.1. The van der Waals surface area contributed by atoms with Crippen molar-refractivity contribution in [3.63, 3.8) is 0 Å². The molecule has 0 amide bonds. The van der Waals surface area contributed by atoms with Gasteiger partial charge in [-0.05, 0) is 102 Å². The molecular formula is C30H48O3PSi4+. The Morgan fingerprint density at radius 2 is 0.763 bits per heavy atom. The molecule has 3 aromatic rings. The molecule has 0 aliphatic rings. The van der Waals surface area contributed by atoms with Gasteiger partial charge in [-0.3, -0.25) is 0 Å². The van der Waals surface area contributed by atoms with Crippen molar-refractivity contribution in [3.05, 3.63) is 91.0 Å². The topological polar surface area (TPSA) is 27.7 Å². The molecule has 0 heterocycles. The van der Waals surface area contributed by atoms with Gasteiger partial charge in [0.25, 0.3) is 0 Å². The van der Waals surface area contributed by atoms with Gasteiger partial charge in [0.2, 0.25) is 0 Å². The molecule has 1 atom stereocenters. The van der Waals surface area contributed by atoms with Crippen LogP contribution in [-0.2, 0) is 12.3 Å².